The number of amides is 1. The molecule has 0 saturated carbocycles. The van der Waals surface area contributed by atoms with Crippen molar-refractivity contribution in [3.05, 3.63) is 144 Å². The van der Waals surface area contributed by atoms with Gasteiger partial charge in [-0.15, -0.1) is 0 Å². The number of nitrogens with one attached hydrogen (secondary N) is 1. The highest BCUT2D eigenvalue weighted by Crippen LogP contribution is 2.60. The standard InChI is InChI=1S/C49H55N8O9PS/c1-8-56-42-43(66-67(64-29-15-28-50)57(33(2)3)34(4)5)48(68(56,59)60,65-47(42)55-32-53-41-44(51-31-52-45(41)55)54-46(58)35-16-11-9-12-17-35)30-63-49(36-18-13-10-14-19-36,37-20-24-39(61-6)25-21-37)38-22-26-40(62-7)27-23-38/h9-14,16-27,31-34,42-43,47H,8,15,29-30H2,1-7H3,(H,51,52,54,58)/t42-,43+,47-,48+,67?/m1/s1. The fourth-order valence-electron chi connectivity index (χ4n) is 9.12. The Morgan fingerprint density at radius 3 is 2.03 bits per heavy atom. The number of ether oxygens (including phenoxy) is 4. The molecule has 6 aromatic rings. The van der Waals surface area contributed by atoms with E-state index in [4.69, 9.17) is 28.0 Å². The number of hydrogen-bond acceptors (Lipinski definition) is 14. The molecule has 2 fully saturated rings. The lowest BCUT2D eigenvalue weighted by atomic mass is 9.80. The molecule has 0 spiro atoms. The van der Waals surface area contributed by atoms with Gasteiger partial charge in [-0.2, -0.15) is 9.57 Å². The highest BCUT2D eigenvalue weighted by Gasteiger charge is 2.76. The van der Waals surface area contributed by atoms with Gasteiger partial charge in [0.15, 0.2) is 23.2 Å². The quantitative estimate of drug-likeness (QED) is 0.0439. The Hall–Kier alpha value is -5.87. The van der Waals surface area contributed by atoms with E-state index in [-0.39, 0.29) is 48.6 Å². The average Bonchev–Trinajstić information content (AvgIpc) is 3.97. The Labute approximate surface area is 398 Å². The summed E-state index contributed by atoms with van der Waals surface area (Å²) in [5.74, 6) is 0.984. The number of fused-ring (bicyclic) bond motifs is 3. The third kappa shape index (κ3) is 8.74. The highest BCUT2D eigenvalue weighted by molar-refractivity contribution is 7.90. The van der Waals surface area contributed by atoms with Gasteiger partial charge in [0.2, 0.25) is 15.0 Å². The first-order chi connectivity index (χ1) is 32.8. The molecule has 2 aromatic heterocycles. The second kappa shape index (κ2) is 20.4. The number of benzene rings is 4. The minimum absolute atomic E-state index is 0.0418. The number of methoxy groups -OCH3 is 2. The summed E-state index contributed by atoms with van der Waals surface area (Å²) in [5, 5.41) is 12.4. The number of nitriles is 1. The molecule has 4 aromatic carbocycles. The van der Waals surface area contributed by atoms with Gasteiger partial charge in [-0.25, -0.2) is 28.0 Å². The molecule has 2 saturated heterocycles. The second-order valence-corrected chi connectivity index (χ2v) is 20.3. The first-order valence-electron chi connectivity index (χ1n) is 22.3. The number of aromatic nitrogens is 4. The third-order valence-electron chi connectivity index (χ3n) is 12.2. The van der Waals surface area contributed by atoms with Crippen molar-refractivity contribution in [2.24, 2.45) is 0 Å². The van der Waals surface area contributed by atoms with Gasteiger partial charge >= 0.3 is 0 Å². The van der Waals surface area contributed by atoms with Gasteiger partial charge in [0.25, 0.3) is 14.4 Å². The Balaban J connectivity index is 1.31. The fraction of sp³-hybridized carbons (Fsp3) is 0.367. The van der Waals surface area contributed by atoms with Crippen molar-refractivity contribution in [3.8, 4) is 17.6 Å². The average molecular weight is 963 g/mol. The molecule has 2 aliphatic rings. The topological polar surface area (TPSA) is 192 Å². The molecular formula is C49H55N8O9PS. The number of carbonyl (C=O) groups excluding carboxylic acids is 1. The maximum atomic E-state index is 15.6. The molecule has 8 rings (SSSR count). The van der Waals surface area contributed by atoms with E-state index >= 15 is 8.42 Å². The van der Waals surface area contributed by atoms with Crippen molar-refractivity contribution in [2.45, 2.75) is 82.0 Å². The van der Waals surface area contributed by atoms with Crippen LogP contribution in [0.5, 0.6) is 11.5 Å². The van der Waals surface area contributed by atoms with E-state index in [1.807, 2.05) is 117 Å². The van der Waals surface area contributed by atoms with Gasteiger partial charge in [0.1, 0.15) is 35.6 Å². The Morgan fingerprint density at radius 2 is 1.47 bits per heavy atom. The molecule has 19 heteroatoms. The van der Waals surface area contributed by atoms with Gasteiger partial charge < -0.3 is 33.3 Å². The minimum atomic E-state index is -4.47. The molecular weight excluding hydrogens is 908 g/mol. The van der Waals surface area contributed by atoms with Crippen LogP contribution in [0.15, 0.2) is 122 Å². The predicted molar refractivity (Wildman–Crippen MR) is 256 cm³/mol. The number of imidazole rings is 1. The van der Waals surface area contributed by atoms with Crippen molar-refractivity contribution < 1.29 is 41.2 Å². The zero-order valence-electron chi connectivity index (χ0n) is 38.9. The van der Waals surface area contributed by atoms with Crippen LogP contribution in [0.25, 0.3) is 11.2 Å². The maximum Gasteiger partial charge on any atom is 0.259 e. The van der Waals surface area contributed by atoms with Crippen molar-refractivity contribution in [1.82, 2.24) is 28.5 Å². The van der Waals surface area contributed by atoms with Crippen LogP contribution in [0.4, 0.5) is 5.82 Å². The van der Waals surface area contributed by atoms with Crippen LogP contribution in [0.1, 0.15) is 74.3 Å². The molecule has 17 nitrogen and oxygen atoms in total. The molecule has 1 unspecified atom stereocenters. The van der Waals surface area contributed by atoms with Crippen LogP contribution < -0.4 is 14.8 Å². The van der Waals surface area contributed by atoms with Gasteiger partial charge in [-0.3, -0.25) is 9.36 Å². The predicted octanol–water partition coefficient (Wildman–Crippen LogP) is 8.02. The highest BCUT2D eigenvalue weighted by atomic mass is 32.2. The van der Waals surface area contributed by atoms with Crippen molar-refractivity contribution >= 4 is 41.4 Å². The molecule has 2 aliphatic heterocycles. The van der Waals surface area contributed by atoms with Crippen molar-refractivity contribution in [2.75, 3.05) is 39.3 Å². The molecule has 1 amide bonds. The molecule has 68 heavy (non-hydrogen) atoms. The van der Waals surface area contributed by atoms with E-state index in [1.165, 1.54) is 17.0 Å². The van der Waals surface area contributed by atoms with E-state index in [0.29, 0.717) is 33.8 Å². The zero-order chi connectivity index (χ0) is 48.2. The lowest BCUT2D eigenvalue weighted by Gasteiger charge is -2.41. The normalized spacial score (nSPS) is 20.5. The summed E-state index contributed by atoms with van der Waals surface area (Å²) in [7, 11) is -3.33. The molecule has 1 N–H and O–H groups in total. The van der Waals surface area contributed by atoms with E-state index in [9.17, 15) is 10.1 Å². The monoisotopic (exact) mass is 962 g/mol. The molecule has 0 aliphatic carbocycles. The SMILES string of the molecule is CCN1[C@H]2[C@H](n3cnc4c(NC(=O)c5ccccc5)ncnc43)O[C@](COC(c3ccccc3)(c3ccc(OC)cc3)c3ccc(OC)cc3)([C@H]2OP(OCCC#N)N(C(C)C)C(C)C)S1(=O)=O. The number of hydrogen-bond donors (Lipinski definition) is 1. The molecule has 2 bridgehead atoms. The Bertz CT molecular complexity index is 2780. The Kier molecular flexibility index (Phi) is 14.6. The van der Waals surface area contributed by atoms with Gasteiger partial charge in [-0.05, 0) is 80.8 Å². The minimum Gasteiger partial charge on any atom is -0.497 e. The van der Waals surface area contributed by atoms with Crippen LogP contribution in [-0.2, 0) is 34.1 Å². The van der Waals surface area contributed by atoms with Crippen LogP contribution in [0.3, 0.4) is 0 Å². The van der Waals surface area contributed by atoms with Gasteiger partial charge in [0.05, 0.1) is 46.3 Å². The number of carbonyl (C=O) groups is 1. The summed E-state index contributed by atoms with van der Waals surface area (Å²) in [4.78, 5) is 24.8. The zero-order valence-corrected chi connectivity index (χ0v) is 40.6. The van der Waals surface area contributed by atoms with Gasteiger partial charge in [-0.1, -0.05) is 79.7 Å². The smallest absolute Gasteiger partial charge is 0.259 e. The summed E-state index contributed by atoms with van der Waals surface area (Å²) >= 11 is 0. The largest absolute Gasteiger partial charge is 0.497 e. The number of rotatable bonds is 20. The third-order valence-corrected chi connectivity index (χ3v) is 16.7. The summed E-state index contributed by atoms with van der Waals surface area (Å²) in [6.07, 6.45) is 0.528. The molecule has 0 radical (unpaired) electrons. The first kappa shape index (κ1) is 48.6. The van der Waals surface area contributed by atoms with Crippen molar-refractivity contribution in [1.29, 1.82) is 5.26 Å². The number of anilines is 1. The second-order valence-electron chi connectivity index (χ2n) is 16.8. The van der Waals surface area contributed by atoms with Crippen LogP contribution in [0, 0.1) is 11.3 Å². The van der Waals surface area contributed by atoms with Crippen LogP contribution >= 0.6 is 8.53 Å². The molecule has 5 atom stereocenters. The van der Waals surface area contributed by atoms with Crippen LogP contribution in [-0.4, -0.2) is 106 Å². The van der Waals surface area contributed by atoms with E-state index in [0.717, 1.165) is 0 Å². The van der Waals surface area contributed by atoms with E-state index in [1.54, 1.807) is 50.0 Å². The number of sulfonamides is 1. The number of likely N-dealkylation sites (N-methyl/N-ethyl adjacent to an activating group) is 1. The van der Waals surface area contributed by atoms with E-state index < -0.39 is 60.0 Å². The maximum absolute atomic E-state index is 15.6. The lowest BCUT2D eigenvalue weighted by Crippen LogP contribution is -2.54. The fourth-order valence-corrected chi connectivity index (χ4v) is 13.2. The van der Waals surface area contributed by atoms with Crippen molar-refractivity contribution in [3.63, 3.8) is 0 Å². The number of nitrogens with zero attached hydrogens (tertiary/aromatic N) is 7. The summed E-state index contributed by atoms with van der Waals surface area (Å²) in [5.41, 5.74) is 1.54. The summed E-state index contributed by atoms with van der Waals surface area (Å²) in [6.45, 7) is 9.31. The molecule has 356 valence electrons. The summed E-state index contributed by atoms with van der Waals surface area (Å²) in [6, 6.07) is 34.0. The van der Waals surface area contributed by atoms with Crippen LogP contribution in [0.2, 0.25) is 0 Å². The molecule has 4 heterocycles. The van der Waals surface area contributed by atoms with E-state index in [2.05, 4.69) is 26.3 Å². The Morgan fingerprint density at radius 1 is 0.882 bits per heavy atom. The first-order valence-corrected chi connectivity index (χ1v) is 24.9. The lowest BCUT2D eigenvalue weighted by molar-refractivity contribution is -0.120. The van der Waals surface area contributed by atoms with Gasteiger partial charge in [0, 0.05) is 24.2 Å². The summed E-state index contributed by atoms with van der Waals surface area (Å²) < 4.78 is 75.6.